The Balaban J connectivity index is 1.62. The number of rotatable bonds is 5. The first kappa shape index (κ1) is 18.1. The molecular weight excluding hydrogens is 373 g/mol. The fraction of sp³-hybridized carbons (Fsp3) is 0.0909. The summed E-state index contributed by atoms with van der Waals surface area (Å²) in [6.45, 7) is 0. The van der Waals surface area contributed by atoms with Gasteiger partial charge in [0, 0.05) is 29.9 Å². The van der Waals surface area contributed by atoms with Gasteiger partial charge in [-0.25, -0.2) is 9.37 Å². The third-order valence-corrected chi connectivity index (χ3v) is 5.61. The van der Waals surface area contributed by atoms with E-state index < -0.39 is 0 Å². The number of hydrogen-bond donors (Lipinski definition) is 1. The standard InChI is InChI=1S/C22H18FN3OS/c1-26-14-13-24-21(26)20(15-7-3-2-4-8-15)25-22(27)19-12-11-18(28-19)16-9-5-6-10-17(16)23/h2-14,20H,1H3,(H,25,27). The average molecular weight is 391 g/mol. The van der Waals surface area contributed by atoms with Crippen LogP contribution in [-0.4, -0.2) is 15.5 Å². The van der Waals surface area contributed by atoms with E-state index in [1.165, 1.54) is 17.4 Å². The molecule has 4 aromatic rings. The van der Waals surface area contributed by atoms with E-state index in [0.717, 1.165) is 16.3 Å². The Kier molecular flexibility index (Phi) is 5.04. The predicted octanol–water partition coefficient (Wildman–Crippen LogP) is 4.81. The van der Waals surface area contributed by atoms with Crippen LogP contribution in [0.4, 0.5) is 4.39 Å². The van der Waals surface area contributed by atoms with Crippen molar-refractivity contribution in [1.82, 2.24) is 14.9 Å². The van der Waals surface area contributed by atoms with Crippen LogP contribution in [0, 0.1) is 5.82 Å². The molecule has 0 saturated heterocycles. The number of imidazole rings is 1. The third-order valence-electron chi connectivity index (χ3n) is 4.49. The molecule has 0 aliphatic heterocycles. The number of carbonyl (C=O) groups excluding carboxylic acids is 1. The van der Waals surface area contributed by atoms with E-state index in [4.69, 9.17) is 0 Å². The van der Waals surface area contributed by atoms with Gasteiger partial charge in [0.1, 0.15) is 17.7 Å². The van der Waals surface area contributed by atoms with Crippen molar-refractivity contribution in [1.29, 1.82) is 0 Å². The second-order valence-electron chi connectivity index (χ2n) is 6.36. The summed E-state index contributed by atoms with van der Waals surface area (Å²) in [5.41, 5.74) is 1.44. The molecule has 2 aromatic heterocycles. The van der Waals surface area contributed by atoms with Crippen LogP contribution in [0.3, 0.4) is 0 Å². The van der Waals surface area contributed by atoms with Crippen molar-refractivity contribution in [2.24, 2.45) is 7.05 Å². The summed E-state index contributed by atoms with van der Waals surface area (Å²) in [5, 5.41) is 3.07. The van der Waals surface area contributed by atoms with Crippen LogP contribution in [0.15, 0.2) is 79.1 Å². The molecule has 2 aromatic carbocycles. The van der Waals surface area contributed by atoms with Crippen molar-refractivity contribution in [3.05, 3.63) is 101 Å². The number of nitrogens with zero attached hydrogens (tertiary/aromatic N) is 2. The highest BCUT2D eigenvalue weighted by molar-refractivity contribution is 7.17. The van der Waals surface area contributed by atoms with Gasteiger partial charge in [-0.05, 0) is 23.8 Å². The molecule has 4 nitrogen and oxygen atoms in total. The number of nitrogens with one attached hydrogen (secondary N) is 1. The van der Waals surface area contributed by atoms with Gasteiger partial charge in [0.25, 0.3) is 5.91 Å². The molecule has 1 unspecified atom stereocenters. The van der Waals surface area contributed by atoms with E-state index in [1.807, 2.05) is 48.1 Å². The normalized spacial score (nSPS) is 11.9. The van der Waals surface area contributed by atoms with E-state index in [1.54, 1.807) is 36.5 Å². The highest BCUT2D eigenvalue weighted by Crippen LogP contribution is 2.30. The molecule has 0 bridgehead atoms. The summed E-state index contributed by atoms with van der Waals surface area (Å²) >= 11 is 1.27. The van der Waals surface area contributed by atoms with Gasteiger partial charge in [-0.1, -0.05) is 48.5 Å². The van der Waals surface area contributed by atoms with Gasteiger partial charge in [-0.15, -0.1) is 11.3 Å². The minimum absolute atomic E-state index is 0.218. The topological polar surface area (TPSA) is 46.9 Å². The number of hydrogen-bond acceptors (Lipinski definition) is 3. The van der Waals surface area contributed by atoms with Gasteiger partial charge in [0.15, 0.2) is 0 Å². The lowest BCUT2D eigenvalue weighted by atomic mass is 10.1. The number of aryl methyl sites for hydroxylation is 1. The van der Waals surface area contributed by atoms with Gasteiger partial charge < -0.3 is 9.88 Å². The Morgan fingerprint density at radius 1 is 1.07 bits per heavy atom. The first-order chi connectivity index (χ1) is 13.6. The van der Waals surface area contributed by atoms with E-state index in [9.17, 15) is 9.18 Å². The quantitative estimate of drug-likeness (QED) is 0.531. The molecule has 0 radical (unpaired) electrons. The minimum atomic E-state index is -0.382. The number of amides is 1. The minimum Gasteiger partial charge on any atom is -0.337 e. The van der Waals surface area contributed by atoms with Gasteiger partial charge >= 0.3 is 0 Å². The van der Waals surface area contributed by atoms with Crippen molar-refractivity contribution in [2.75, 3.05) is 0 Å². The molecule has 140 valence electrons. The predicted molar refractivity (Wildman–Crippen MR) is 109 cm³/mol. The lowest BCUT2D eigenvalue weighted by molar-refractivity contribution is 0.0945. The number of aromatic nitrogens is 2. The molecule has 0 spiro atoms. The summed E-state index contributed by atoms with van der Waals surface area (Å²) in [6, 6.07) is 19.4. The van der Waals surface area contributed by atoms with Gasteiger partial charge in [-0.3, -0.25) is 4.79 Å². The smallest absolute Gasteiger partial charge is 0.262 e. The van der Waals surface area contributed by atoms with E-state index in [0.29, 0.717) is 10.4 Å². The summed E-state index contributed by atoms with van der Waals surface area (Å²) in [5.74, 6) is 0.223. The van der Waals surface area contributed by atoms with Crippen molar-refractivity contribution >= 4 is 17.2 Å². The van der Waals surface area contributed by atoms with Crippen LogP contribution in [0.1, 0.15) is 27.1 Å². The van der Waals surface area contributed by atoms with Crippen LogP contribution >= 0.6 is 11.3 Å². The van der Waals surface area contributed by atoms with Crippen molar-refractivity contribution < 1.29 is 9.18 Å². The van der Waals surface area contributed by atoms with Gasteiger partial charge in [-0.2, -0.15) is 0 Å². The lowest BCUT2D eigenvalue weighted by Gasteiger charge is -2.18. The number of benzene rings is 2. The van der Waals surface area contributed by atoms with E-state index in [-0.39, 0.29) is 17.8 Å². The first-order valence-electron chi connectivity index (χ1n) is 8.81. The zero-order valence-electron chi connectivity index (χ0n) is 15.2. The maximum absolute atomic E-state index is 14.0. The second kappa shape index (κ2) is 7.78. The maximum Gasteiger partial charge on any atom is 0.262 e. The summed E-state index contributed by atoms with van der Waals surface area (Å²) in [6.07, 6.45) is 3.55. The highest BCUT2D eigenvalue weighted by atomic mass is 32.1. The first-order valence-corrected chi connectivity index (χ1v) is 9.63. The lowest BCUT2D eigenvalue weighted by Crippen LogP contribution is -2.30. The van der Waals surface area contributed by atoms with Crippen LogP contribution in [-0.2, 0) is 7.05 Å². The molecule has 0 aliphatic rings. The molecule has 6 heteroatoms. The van der Waals surface area contributed by atoms with Crippen LogP contribution in [0.2, 0.25) is 0 Å². The molecule has 0 fully saturated rings. The molecule has 0 aliphatic carbocycles. The Bertz CT molecular complexity index is 1100. The fourth-order valence-electron chi connectivity index (χ4n) is 3.07. The second-order valence-corrected chi connectivity index (χ2v) is 7.44. The van der Waals surface area contributed by atoms with Gasteiger partial charge in [0.05, 0.1) is 4.88 Å². The van der Waals surface area contributed by atoms with Crippen LogP contribution in [0.5, 0.6) is 0 Å². The molecule has 28 heavy (non-hydrogen) atoms. The van der Waals surface area contributed by atoms with Crippen molar-refractivity contribution in [2.45, 2.75) is 6.04 Å². The number of thiophene rings is 1. The number of carbonyl (C=O) groups is 1. The monoisotopic (exact) mass is 391 g/mol. The van der Waals surface area contributed by atoms with Crippen LogP contribution < -0.4 is 5.32 Å². The molecule has 2 heterocycles. The van der Waals surface area contributed by atoms with Crippen molar-refractivity contribution in [3.63, 3.8) is 0 Å². The van der Waals surface area contributed by atoms with E-state index in [2.05, 4.69) is 10.3 Å². The zero-order valence-corrected chi connectivity index (χ0v) is 16.0. The SMILES string of the molecule is Cn1ccnc1C(NC(=O)c1ccc(-c2ccccc2F)s1)c1ccccc1. The molecule has 1 N–H and O–H groups in total. The summed E-state index contributed by atoms with van der Waals surface area (Å²) in [4.78, 5) is 18.6. The summed E-state index contributed by atoms with van der Waals surface area (Å²) in [7, 11) is 1.89. The maximum atomic E-state index is 14.0. The molecule has 0 saturated carbocycles. The third kappa shape index (κ3) is 3.59. The fourth-order valence-corrected chi connectivity index (χ4v) is 4.00. The zero-order chi connectivity index (χ0) is 19.5. The molecule has 1 amide bonds. The molecular formula is C22H18FN3OS. The largest absolute Gasteiger partial charge is 0.337 e. The Morgan fingerprint density at radius 2 is 1.82 bits per heavy atom. The number of halogens is 1. The van der Waals surface area contributed by atoms with Crippen molar-refractivity contribution in [3.8, 4) is 10.4 Å². The Hall–Kier alpha value is -3.25. The van der Waals surface area contributed by atoms with Gasteiger partial charge in [0.2, 0.25) is 0 Å². The highest BCUT2D eigenvalue weighted by Gasteiger charge is 2.22. The summed E-state index contributed by atoms with van der Waals surface area (Å²) < 4.78 is 15.9. The Labute approximate surface area is 166 Å². The average Bonchev–Trinajstić information content (AvgIpc) is 3.36. The molecule has 1 atom stereocenters. The van der Waals surface area contributed by atoms with E-state index >= 15 is 0 Å². The molecule has 4 rings (SSSR count). The van der Waals surface area contributed by atoms with Crippen LogP contribution in [0.25, 0.3) is 10.4 Å². The Morgan fingerprint density at radius 3 is 2.54 bits per heavy atom.